The number of ether oxygens (including phenoxy) is 2. The van der Waals surface area contributed by atoms with E-state index in [-0.39, 0.29) is 5.97 Å². The van der Waals surface area contributed by atoms with Gasteiger partial charge >= 0.3 is 5.97 Å². The third-order valence-corrected chi connectivity index (χ3v) is 5.86. The average Bonchev–Trinajstić information content (AvgIpc) is 2.87. The van der Waals surface area contributed by atoms with E-state index >= 15 is 0 Å². The smallest absolute Gasteiger partial charge is 0.305 e. The first kappa shape index (κ1) is 23.7. The maximum Gasteiger partial charge on any atom is 0.305 e. The molecule has 0 atom stereocenters. The molecule has 168 valence electrons. The monoisotopic (exact) mass is 430 g/mol. The molecule has 0 aliphatic carbocycles. The van der Waals surface area contributed by atoms with Gasteiger partial charge in [0.15, 0.2) is 0 Å². The van der Waals surface area contributed by atoms with Gasteiger partial charge in [0.25, 0.3) is 0 Å². The number of unbranched alkanes of at least 4 members (excludes halogenated alkanes) is 5. The van der Waals surface area contributed by atoms with E-state index in [9.17, 15) is 4.79 Å². The molecule has 0 saturated heterocycles. The van der Waals surface area contributed by atoms with Crippen LogP contribution in [0, 0.1) is 0 Å². The second kappa shape index (κ2) is 12.8. The molecule has 0 aliphatic heterocycles. The number of methoxy groups -OCH3 is 1. The molecule has 0 N–H and O–H groups in total. The maximum atomic E-state index is 11.2. The third-order valence-electron chi connectivity index (χ3n) is 5.86. The van der Waals surface area contributed by atoms with Gasteiger partial charge in [-0.15, -0.1) is 0 Å². The molecule has 0 bridgehead atoms. The minimum absolute atomic E-state index is 0.113. The predicted molar refractivity (Wildman–Crippen MR) is 129 cm³/mol. The minimum Gasteiger partial charge on any atom is -0.469 e. The highest BCUT2D eigenvalue weighted by molar-refractivity contribution is 5.68. The van der Waals surface area contributed by atoms with Crippen LogP contribution in [0.1, 0.15) is 61.6 Å². The highest BCUT2D eigenvalue weighted by Crippen LogP contribution is 2.40. The van der Waals surface area contributed by atoms with E-state index in [1.807, 2.05) is 18.2 Å². The van der Waals surface area contributed by atoms with Crippen molar-refractivity contribution in [2.24, 2.45) is 0 Å². The zero-order valence-electron chi connectivity index (χ0n) is 19.0. The molecule has 0 aliphatic rings. The van der Waals surface area contributed by atoms with Crippen LogP contribution in [0.5, 0.6) is 0 Å². The molecular weight excluding hydrogens is 396 g/mol. The van der Waals surface area contributed by atoms with Crippen molar-refractivity contribution in [3.8, 4) is 0 Å². The van der Waals surface area contributed by atoms with Crippen molar-refractivity contribution >= 4 is 5.97 Å². The first-order chi connectivity index (χ1) is 15.8. The molecule has 0 aromatic heterocycles. The lowest BCUT2D eigenvalue weighted by Crippen LogP contribution is -2.33. The van der Waals surface area contributed by atoms with Gasteiger partial charge in [-0.25, -0.2) is 0 Å². The summed E-state index contributed by atoms with van der Waals surface area (Å²) in [6.45, 7) is 0.681. The summed E-state index contributed by atoms with van der Waals surface area (Å²) in [6, 6.07) is 31.5. The molecule has 0 heterocycles. The predicted octanol–water partition coefficient (Wildman–Crippen LogP) is 6.90. The molecule has 3 nitrogen and oxygen atoms in total. The Balaban J connectivity index is 1.67. The number of rotatable bonds is 13. The number of hydrogen-bond donors (Lipinski definition) is 0. The Morgan fingerprint density at radius 3 is 1.47 bits per heavy atom. The summed E-state index contributed by atoms with van der Waals surface area (Å²) in [5.41, 5.74) is 2.78. The molecule has 0 fully saturated rings. The van der Waals surface area contributed by atoms with Crippen LogP contribution in [0.3, 0.4) is 0 Å². The van der Waals surface area contributed by atoms with Crippen LogP contribution in [0.2, 0.25) is 0 Å². The molecule has 0 radical (unpaired) electrons. The normalized spacial score (nSPS) is 11.3. The van der Waals surface area contributed by atoms with Gasteiger partial charge in [0.2, 0.25) is 0 Å². The van der Waals surface area contributed by atoms with Crippen molar-refractivity contribution in [3.63, 3.8) is 0 Å². The Morgan fingerprint density at radius 1 is 0.625 bits per heavy atom. The van der Waals surface area contributed by atoms with Crippen molar-refractivity contribution in [1.82, 2.24) is 0 Å². The van der Waals surface area contributed by atoms with Crippen LogP contribution < -0.4 is 0 Å². The molecule has 3 rings (SSSR count). The zero-order valence-corrected chi connectivity index (χ0v) is 19.0. The molecule has 0 amide bonds. The number of carbonyl (C=O) groups is 1. The van der Waals surface area contributed by atoms with Crippen LogP contribution in [-0.4, -0.2) is 19.7 Å². The van der Waals surface area contributed by atoms with Crippen LogP contribution in [0.15, 0.2) is 91.0 Å². The number of benzene rings is 3. The van der Waals surface area contributed by atoms with E-state index in [0.717, 1.165) is 55.2 Å². The van der Waals surface area contributed by atoms with E-state index in [1.165, 1.54) is 7.11 Å². The van der Waals surface area contributed by atoms with E-state index in [0.29, 0.717) is 13.0 Å². The fourth-order valence-corrected chi connectivity index (χ4v) is 4.17. The van der Waals surface area contributed by atoms with Gasteiger partial charge in [0, 0.05) is 13.0 Å². The van der Waals surface area contributed by atoms with Crippen molar-refractivity contribution in [3.05, 3.63) is 108 Å². The van der Waals surface area contributed by atoms with Gasteiger partial charge in [-0.3, -0.25) is 4.79 Å². The molecule has 3 heteroatoms. The molecule has 3 aromatic carbocycles. The lowest BCUT2D eigenvalue weighted by Gasteiger charge is -2.36. The second-order valence-corrected chi connectivity index (χ2v) is 8.08. The summed E-state index contributed by atoms with van der Waals surface area (Å²) in [5, 5.41) is 0. The van der Waals surface area contributed by atoms with E-state index in [1.54, 1.807) is 0 Å². The largest absolute Gasteiger partial charge is 0.469 e. The summed E-state index contributed by atoms with van der Waals surface area (Å²) in [4.78, 5) is 11.2. The van der Waals surface area contributed by atoms with Crippen molar-refractivity contribution in [2.45, 2.75) is 50.5 Å². The summed E-state index contributed by atoms with van der Waals surface area (Å²) in [5.74, 6) is -0.113. The molecule has 0 saturated carbocycles. The van der Waals surface area contributed by atoms with Gasteiger partial charge in [-0.05, 0) is 29.5 Å². The fraction of sp³-hybridized carbons (Fsp3) is 0.345. The summed E-state index contributed by atoms with van der Waals surface area (Å²) in [6.07, 6.45) is 6.91. The highest BCUT2D eigenvalue weighted by Gasteiger charge is 2.37. The molecule has 3 aromatic rings. The first-order valence-electron chi connectivity index (χ1n) is 11.6. The van der Waals surface area contributed by atoms with E-state index in [4.69, 9.17) is 9.47 Å². The number of esters is 1. The third kappa shape index (κ3) is 6.30. The van der Waals surface area contributed by atoms with E-state index < -0.39 is 5.60 Å². The second-order valence-electron chi connectivity index (χ2n) is 8.08. The fourth-order valence-electron chi connectivity index (χ4n) is 4.17. The van der Waals surface area contributed by atoms with Crippen molar-refractivity contribution in [2.75, 3.05) is 13.7 Å². The van der Waals surface area contributed by atoms with Crippen LogP contribution in [0.25, 0.3) is 0 Å². The summed E-state index contributed by atoms with van der Waals surface area (Å²) in [7, 11) is 1.45. The minimum atomic E-state index is -0.635. The van der Waals surface area contributed by atoms with Gasteiger partial charge in [-0.2, -0.15) is 0 Å². The SMILES string of the molecule is COC(=O)CCCCCCCCOC(c1ccccc1)(c1ccccc1)c1ccccc1. The maximum absolute atomic E-state index is 11.2. The number of hydrogen-bond acceptors (Lipinski definition) is 3. The summed E-state index contributed by atoms with van der Waals surface area (Å²) >= 11 is 0. The topological polar surface area (TPSA) is 35.5 Å². The molecule has 0 unspecified atom stereocenters. The quantitative estimate of drug-likeness (QED) is 0.168. The molecule has 0 spiro atoms. The van der Waals surface area contributed by atoms with Gasteiger partial charge < -0.3 is 9.47 Å². The Kier molecular flexibility index (Phi) is 9.52. The van der Waals surface area contributed by atoms with Crippen molar-refractivity contribution in [1.29, 1.82) is 0 Å². The van der Waals surface area contributed by atoms with Crippen LogP contribution >= 0.6 is 0 Å². The highest BCUT2D eigenvalue weighted by atomic mass is 16.5. The van der Waals surface area contributed by atoms with Gasteiger partial charge in [0.05, 0.1) is 7.11 Å². The standard InChI is InChI=1S/C29H34O3/c1-31-28(30)23-15-4-2-3-5-16-24-32-29(25-17-9-6-10-18-25,26-19-11-7-12-20-26)27-21-13-8-14-22-27/h6-14,17-22H,2-5,15-16,23-24H2,1H3. The Hall–Kier alpha value is -2.91. The Morgan fingerprint density at radius 2 is 1.03 bits per heavy atom. The number of carbonyl (C=O) groups excluding carboxylic acids is 1. The molecular formula is C29H34O3. The zero-order chi connectivity index (χ0) is 22.5. The van der Waals surface area contributed by atoms with E-state index in [2.05, 4.69) is 72.8 Å². The Bertz CT molecular complexity index is 810. The van der Waals surface area contributed by atoms with Crippen LogP contribution in [0.4, 0.5) is 0 Å². The lowest BCUT2D eigenvalue weighted by atomic mass is 9.80. The van der Waals surface area contributed by atoms with Gasteiger partial charge in [-0.1, -0.05) is 117 Å². The summed E-state index contributed by atoms with van der Waals surface area (Å²) < 4.78 is 11.5. The first-order valence-corrected chi connectivity index (χ1v) is 11.6. The Labute approximate surface area is 192 Å². The average molecular weight is 431 g/mol. The van der Waals surface area contributed by atoms with Crippen molar-refractivity contribution < 1.29 is 14.3 Å². The lowest BCUT2D eigenvalue weighted by molar-refractivity contribution is -0.140. The van der Waals surface area contributed by atoms with Gasteiger partial charge in [0.1, 0.15) is 5.60 Å². The molecule has 32 heavy (non-hydrogen) atoms. The van der Waals surface area contributed by atoms with Crippen LogP contribution in [-0.2, 0) is 19.9 Å².